The molecule has 0 bridgehead atoms. The van der Waals surface area contributed by atoms with Crippen molar-refractivity contribution < 1.29 is 0 Å². The minimum atomic E-state index is 0.769. The van der Waals surface area contributed by atoms with Gasteiger partial charge < -0.3 is 10.6 Å². The zero-order chi connectivity index (χ0) is 12.5. The molecule has 2 nitrogen and oxygen atoms in total. The van der Waals surface area contributed by atoms with Gasteiger partial charge in [0.15, 0.2) is 0 Å². The van der Waals surface area contributed by atoms with Crippen LogP contribution in [0.1, 0.15) is 31.7 Å². The van der Waals surface area contributed by atoms with Gasteiger partial charge in [-0.15, -0.1) is 0 Å². The van der Waals surface area contributed by atoms with Gasteiger partial charge >= 0.3 is 0 Å². The molecule has 2 N–H and O–H groups in total. The van der Waals surface area contributed by atoms with Gasteiger partial charge in [-0.1, -0.05) is 37.3 Å². The first-order valence-corrected chi connectivity index (χ1v) is 6.65. The average molecular weight is 234 g/mol. The first-order chi connectivity index (χ1) is 8.22. The number of hydrogen-bond acceptors (Lipinski definition) is 2. The van der Waals surface area contributed by atoms with Gasteiger partial charge in [-0.3, -0.25) is 0 Å². The number of nitrogens with two attached hydrogens (primary N) is 1. The van der Waals surface area contributed by atoms with E-state index in [4.69, 9.17) is 5.73 Å². The maximum atomic E-state index is 5.55. The van der Waals surface area contributed by atoms with E-state index in [2.05, 4.69) is 49.2 Å². The number of hydrogen-bond donors (Lipinski definition) is 1. The number of nitrogens with zero attached hydrogens (tertiary/aromatic N) is 1. The Labute approximate surface area is 106 Å². The van der Waals surface area contributed by atoms with Crippen LogP contribution in [-0.2, 0) is 6.54 Å². The summed E-state index contributed by atoms with van der Waals surface area (Å²) in [6.07, 6.45) is 3.71. The second kappa shape index (κ2) is 8.26. The highest BCUT2D eigenvalue weighted by Gasteiger charge is 2.03. The van der Waals surface area contributed by atoms with E-state index in [0.717, 1.165) is 25.4 Å². The zero-order valence-electron chi connectivity index (χ0n) is 11.2. The molecular weight excluding hydrogens is 208 g/mol. The van der Waals surface area contributed by atoms with Gasteiger partial charge in [-0.2, -0.15) is 0 Å². The predicted molar refractivity (Wildman–Crippen MR) is 74.8 cm³/mol. The lowest BCUT2D eigenvalue weighted by Crippen LogP contribution is -2.19. The van der Waals surface area contributed by atoms with Crippen LogP contribution < -0.4 is 5.73 Å². The smallest absolute Gasteiger partial charge is 0.0230 e. The summed E-state index contributed by atoms with van der Waals surface area (Å²) in [5.74, 6) is 0.769. The van der Waals surface area contributed by atoms with Crippen molar-refractivity contribution in [3.8, 4) is 0 Å². The molecule has 0 aliphatic rings. The largest absolute Gasteiger partial charge is 0.330 e. The molecule has 1 rings (SSSR count). The number of rotatable bonds is 8. The van der Waals surface area contributed by atoms with Crippen LogP contribution in [0.3, 0.4) is 0 Å². The molecule has 0 amide bonds. The van der Waals surface area contributed by atoms with Crippen LogP contribution >= 0.6 is 0 Å². The summed E-state index contributed by atoms with van der Waals surface area (Å²) in [7, 11) is 2.20. The Morgan fingerprint density at radius 2 is 1.88 bits per heavy atom. The molecule has 1 unspecified atom stereocenters. The van der Waals surface area contributed by atoms with Crippen LogP contribution in [0.15, 0.2) is 30.3 Å². The Morgan fingerprint density at radius 1 is 1.18 bits per heavy atom. The molecule has 1 atom stereocenters. The van der Waals surface area contributed by atoms with Gasteiger partial charge in [-0.25, -0.2) is 0 Å². The molecule has 0 spiro atoms. The minimum absolute atomic E-state index is 0.769. The molecule has 0 radical (unpaired) electrons. The van der Waals surface area contributed by atoms with Crippen molar-refractivity contribution in [3.63, 3.8) is 0 Å². The maximum Gasteiger partial charge on any atom is 0.0230 e. The molecule has 0 fully saturated rings. The highest BCUT2D eigenvalue weighted by molar-refractivity contribution is 5.14. The van der Waals surface area contributed by atoms with Gasteiger partial charge in [0.2, 0.25) is 0 Å². The van der Waals surface area contributed by atoms with Crippen molar-refractivity contribution in [2.45, 2.75) is 32.7 Å². The summed E-state index contributed by atoms with van der Waals surface area (Å²) in [6.45, 7) is 5.33. The molecule has 0 saturated heterocycles. The summed E-state index contributed by atoms with van der Waals surface area (Å²) in [4.78, 5) is 2.39. The quantitative estimate of drug-likeness (QED) is 0.749. The average Bonchev–Trinajstić information content (AvgIpc) is 2.30. The summed E-state index contributed by atoms with van der Waals surface area (Å²) in [5.41, 5.74) is 6.95. The van der Waals surface area contributed by atoms with E-state index in [1.807, 2.05) is 0 Å². The van der Waals surface area contributed by atoms with Crippen molar-refractivity contribution in [1.29, 1.82) is 0 Å². The van der Waals surface area contributed by atoms with Crippen LogP contribution in [0, 0.1) is 5.92 Å². The van der Waals surface area contributed by atoms with Crippen LogP contribution in [0.4, 0.5) is 0 Å². The zero-order valence-corrected chi connectivity index (χ0v) is 11.2. The third-order valence-corrected chi connectivity index (χ3v) is 3.19. The standard InChI is InChI=1S/C15H26N2/c1-14(10-11-16)7-6-12-17(2)13-15-8-4-3-5-9-15/h3-5,8-9,14H,6-7,10-13,16H2,1-2H3. The van der Waals surface area contributed by atoms with Gasteiger partial charge in [0.25, 0.3) is 0 Å². The molecule has 0 aliphatic carbocycles. The number of benzene rings is 1. The lowest BCUT2D eigenvalue weighted by atomic mass is 10.0. The molecule has 2 heteroatoms. The Morgan fingerprint density at radius 3 is 2.53 bits per heavy atom. The molecule has 1 aromatic rings. The topological polar surface area (TPSA) is 29.3 Å². The monoisotopic (exact) mass is 234 g/mol. The molecule has 96 valence electrons. The second-order valence-electron chi connectivity index (χ2n) is 5.05. The van der Waals surface area contributed by atoms with E-state index in [0.29, 0.717) is 0 Å². The van der Waals surface area contributed by atoms with Gasteiger partial charge in [0.05, 0.1) is 0 Å². The third-order valence-electron chi connectivity index (χ3n) is 3.19. The summed E-state index contributed by atoms with van der Waals surface area (Å²) in [5, 5.41) is 0. The third kappa shape index (κ3) is 6.44. The Balaban J connectivity index is 2.15. The van der Waals surface area contributed by atoms with Crippen molar-refractivity contribution in [2.24, 2.45) is 11.7 Å². The van der Waals surface area contributed by atoms with E-state index in [-0.39, 0.29) is 0 Å². The Bertz CT molecular complexity index is 284. The lowest BCUT2D eigenvalue weighted by molar-refractivity contribution is 0.306. The first-order valence-electron chi connectivity index (χ1n) is 6.65. The highest BCUT2D eigenvalue weighted by Crippen LogP contribution is 2.10. The van der Waals surface area contributed by atoms with E-state index in [1.165, 1.54) is 24.9 Å². The molecule has 0 saturated carbocycles. The van der Waals surface area contributed by atoms with Crippen molar-refractivity contribution >= 4 is 0 Å². The highest BCUT2D eigenvalue weighted by atomic mass is 15.1. The molecule has 0 aliphatic heterocycles. The van der Waals surface area contributed by atoms with E-state index in [9.17, 15) is 0 Å². The fraction of sp³-hybridized carbons (Fsp3) is 0.600. The van der Waals surface area contributed by atoms with Crippen molar-refractivity contribution in [2.75, 3.05) is 20.1 Å². The van der Waals surface area contributed by atoms with E-state index < -0.39 is 0 Å². The van der Waals surface area contributed by atoms with Crippen molar-refractivity contribution in [3.05, 3.63) is 35.9 Å². The summed E-state index contributed by atoms with van der Waals surface area (Å²) >= 11 is 0. The van der Waals surface area contributed by atoms with Crippen molar-refractivity contribution in [1.82, 2.24) is 4.90 Å². The normalized spacial score (nSPS) is 12.9. The van der Waals surface area contributed by atoms with E-state index in [1.54, 1.807) is 0 Å². The lowest BCUT2D eigenvalue weighted by Gasteiger charge is -2.18. The Hall–Kier alpha value is -0.860. The van der Waals surface area contributed by atoms with E-state index >= 15 is 0 Å². The SMILES string of the molecule is CC(CCN)CCCN(C)Cc1ccccc1. The van der Waals surface area contributed by atoms with Crippen LogP contribution in [0.2, 0.25) is 0 Å². The first kappa shape index (κ1) is 14.2. The predicted octanol–water partition coefficient (Wildman–Crippen LogP) is 2.88. The minimum Gasteiger partial charge on any atom is -0.330 e. The van der Waals surface area contributed by atoms with Gasteiger partial charge in [-0.05, 0) is 50.9 Å². The Kier molecular flexibility index (Phi) is 6.90. The summed E-state index contributed by atoms with van der Waals surface area (Å²) in [6, 6.07) is 10.7. The van der Waals surface area contributed by atoms with Crippen LogP contribution in [-0.4, -0.2) is 25.0 Å². The molecule has 0 aromatic heterocycles. The van der Waals surface area contributed by atoms with Crippen LogP contribution in [0.25, 0.3) is 0 Å². The second-order valence-corrected chi connectivity index (χ2v) is 5.05. The van der Waals surface area contributed by atoms with Gasteiger partial charge in [0, 0.05) is 6.54 Å². The van der Waals surface area contributed by atoms with Crippen LogP contribution in [0.5, 0.6) is 0 Å². The fourth-order valence-electron chi connectivity index (χ4n) is 2.11. The summed E-state index contributed by atoms with van der Waals surface area (Å²) < 4.78 is 0. The van der Waals surface area contributed by atoms with Gasteiger partial charge in [0.1, 0.15) is 0 Å². The fourth-order valence-corrected chi connectivity index (χ4v) is 2.11. The molecule has 0 heterocycles. The molecule has 1 aromatic carbocycles. The molecule has 17 heavy (non-hydrogen) atoms. The molecular formula is C15H26N2. The maximum absolute atomic E-state index is 5.55.